The lowest BCUT2D eigenvalue weighted by Crippen LogP contribution is -2.24. The summed E-state index contributed by atoms with van der Waals surface area (Å²) in [7, 11) is 0. The van der Waals surface area contributed by atoms with Crippen molar-refractivity contribution in [2.75, 3.05) is 18.5 Å². The van der Waals surface area contributed by atoms with Crippen molar-refractivity contribution in [3.8, 4) is 0 Å². The van der Waals surface area contributed by atoms with Gasteiger partial charge < -0.3 is 10.1 Å². The van der Waals surface area contributed by atoms with Crippen LogP contribution in [0.2, 0.25) is 5.02 Å². The van der Waals surface area contributed by atoms with Gasteiger partial charge in [0.2, 0.25) is 5.91 Å². The zero-order chi connectivity index (χ0) is 16.2. The van der Waals surface area contributed by atoms with Gasteiger partial charge in [0.1, 0.15) is 12.4 Å². The zero-order valence-corrected chi connectivity index (χ0v) is 13.0. The number of nitrogens with zero attached hydrogens (tertiary/aromatic N) is 4. The van der Waals surface area contributed by atoms with Gasteiger partial charge in [0.15, 0.2) is 5.82 Å². The van der Waals surface area contributed by atoms with E-state index in [2.05, 4.69) is 20.8 Å². The Bertz CT molecular complexity index is 702. The molecule has 1 aliphatic heterocycles. The number of nitrogens with one attached hydrogen (secondary N) is 1. The number of rotatable bonds is 4. The second-order valence-corrected chi connectivity index (χ2v) is 5.66. The molecule has 3 rings (SSSR count). The lowest BCUT2D eigenvalue weighted by Gasteiger charge is -2.20. The fraction of sp³-hybridized carbons (Fsp3) is 0.429. The Balaban J connectivity index is 1.67. The Morgan fingerprint density at radius 2 is 2.22 bits per heavy atom. The molecule has 0 atom stereocenters. The van der Waals surface area contributed by atoms with Crippen molar-refractivity contribution in [2.24, 2.45) is 0 Å². The first-order valence-electron chi connectivity index (χ1n) is 7.22. The second kappa shape index (κ2) is 7.01. The predicted molar refractivity (Wildman–Crippen MR) is 80.7 cm³/mol. The number of amides is 1. The largest absolute Gasteiger partial charge is 0.381 e. The molecule has 9 heteroatoms. The van der Waals surface area contributed by atoms with Crippen molar-refractivity contribution in [2.45, 2.75) is 25.3 Å². The SMILES string of the molecule is O=C(Cn1nnnc1C1CCOCC1)Nc1ccc(F)cc1Cl. The number of tetrazole rings is 1. The summed E-state index contributed by atoms with van der Waals surface area (Å²) in [5.74, 6) is 0.0593. The third-order valence-corrected chi connectivity index (χ3v) is 3.96. The van der Waals surface area contributed by atoms with Crippen molar-refractivity contribution in [3.63, 3.8) is 0 Å². The molecule has 1 aromatic carbocycles. The number of halogens is 2. The van der Waals surface area contributed by atoms with Crippen molar-refractivity contribution in [3.05, 3.63) is 34.9 Å². The number of ether oxygens (including phenoxy) is 1. The number of benzene rings is 1. The molecule has 0 radical (unpaired) electrons. The summed E-state index contributed by atoms with van der Waals surface area (Å²) in [6.07, 6.45) is 1.65. The molecule has 0 aliphatic carbocycles. The van der Waals surface area contributed by atoms with E-state index in [1.54, 1.807) is 0 Å². The minimum absolute atomic E-state index is 0.0343. The van der Waals surface area contributed by atoms with E-state index in [0.717, 1.165) is 18.9 Å². The van der Waals surface area contributed by atoms with Gasteiger partial charge in [0, 0.05) is 19.1 Å². The highest BCUT2D eigenvalue weighted by atomic mass is 35.5. The fourth-order valence-corrected chi connectivity index (χ4v) is 2.70. The summed E-state index contributed by atoms with van der Waals surface area (Å²) in [5.41, 5.74) is 0.346. The topological polar surface area (TPSA) is 81.9 Å². The van der Waals surface area contributed by atoms with Crippen molar-refractivity contribution >= 4 is 23.2 Å². The molecule has 7 nitrogen and oxygen atoms in total. The van der Waals surface area contributed by atoms with Gasteiger partial charge in [-0.1, -0.05) is 11.6 Å². The molecule has 1 amide bonds. The summed E-state index contributed by atoms with van der Waals surface area (Å²) in [6.45, 7) is 1.29. The van der Waals surface area contributed by atoms with E-state index in [1.165, 1.54) is 16.8 Å². The van der Waals surface area contributed by atoms with Gasteiger partial charge in [-0.2, -0.15) is 0 Å². The maximum atomic E-state index is 13.0. The Morgan fingerprint density at radius 3 is 2.96 bits per heavy atom. The van der Waals surface area contributed by atoms with Crippen molar-refractivity contribution in [1.82, 2.24) is 20.2 Å². The standard InChI is InChI=1S/C14H15ClFN5O2/c15-11-7-10(16)1-2-12(11)17-13(22)8-21-14(18-19-20-21)9-3-5-23-6-4-9/h1-2,7,9H,3-6,8H2,(H,17,22). The summed E-state index contributed by atoms with van der Waals surface area (Å²) >= 11 is 5.89. The first-order chi connectivity index (χ1) is 11.1. The van der Waals surface area contributed by atoms with Crippen LogP contribution in [0.4, 0.5) is 10.1 Å². The highest BCUT2D eigenvalue weighted by Crippen LogP contribution is 2.25. The molecule has 2 heterocycles. The van der Waals surface area contributed by atoms with Crippen LogP contribution in [-0.4, -0.2) is 39.3 Å². The Hall–Kier alpha value is -2.06. The van der Waals surface area contributed by atoms with Crippen molar-refractivity contribution in [1.29, 1.82) is 0 Å². The molecule has 1 aliphatic rings. The molecule has 1 N–H and O–H groups in total. The molecule has 0 bridgehead atoms. The number of anilines is 1. The first kappa shape index (κ1) is 15.8. The smallest absolute Gasteiger partial charge is 0.246 e. The summed E-state index contributed by atoms with van der Waals surface area (Å²) in [4.78, 5) is 12.1. The third kappa shape index (κ3) is 3.83. The zero-order valence-electron chi connectivity index (χ0n) is 12.2. The van der Waals surface area contributed by atoms with Gasteiger partial charge in [0.25, 0.3) is 0 Å². The van der Waals surface area contributed by atoms with Crippen LogP contribution < -0.4 is 5.32 Å². The first-order valence-corrected chi connectivity index (χ1v) is 7.60. The van der Waals surface area contributed by atoms with E-state index < -0.39 is 5.82 Å². The van der Waals surface area contributed by atoms with Crippen molar-refractivity contribution < 1.29 is 13.9 Å². The van der Waals surface area contributed by atoms with Crippen LogP contribution in [0, 0.1) is 5.82 Å². The van der Waals surface area contributed by atoms with E-state index in [1.807, 2.05) is 0 Å². The van der Waals surface area contributed by atoms with Gasteiger partial charge in [-0.3, -0.25) is 4.79 Å². The quantitative estimate of drug-likeness (QED) is 0.921. The normalized spacial score (nSPS) is 15.6. The fourth-order valence-electron chi connectivity index (χ4n) is 2.49. The number of carbonyl (C=O) groups excluding carboxylic acids is 1. The van der Waals surface area contributed by atoms with Crippen LogP contribution in [0.1, 0.15) is 24.6 Å². The minimum atomic E-state index is -0.463. The maximum Gasteiger partial charge on any atom is 0.246 e. The molecule has 0 unspecified atom stereocenters. The van der Waals surface area contributed by atoms with Gasteiger partial charge in [-0.25, -0.2) is 9.07 Å². The molecule has 1 aromatic heterocycles. The minimum Gasteiger partial charge on any atom is -0.381 e. The lowest BCUT2D eigenvalue weighted by atomic mass is 9.99. The van der Waals surface area contributed by atoms with E-state index in [9.17, 15) is 9.18 Å². The van der Waals surface area contributed by atoms with Gasteiger partial charge in [-0.15, -0.1) is 5.10 Å². The Kier molecular flexibility index (Phi) is 4.82. The van der Waals surface area contributed by atoms with Gasteiger partial charge >= 0.3 is 0 Å². The Morgan fingerprint density at radius 1 is 1.43 bits per heavy atom. The molecule has 1 fully saturated rings. The molecule has 1 saturated heterocycles. The average molecular weight is 340 g/mol. The molecular weight excluding hydrogens is 325 g/mol. The average Bonchev–Trinajstić information content (AvgIpc) is 2.99. The third-order valence-electron chi connectivity index (χ3n) is 3.64. The van der Waals surface area contributed by atoms with Crippen LogP contribution in [0.3, 0.4) is 0 Å². The lowest BCUT2D eigenvalue weighted by molar-refractivity contribution is -0.117. The van der Waals surface area contributed by atoms with E-state index in [0.29, 0.717) is 24.7 Å². The van der Waals surface area contributed by atoms with Crippen LogP contribution in [0.15, 0.2) is 18.2 Å². The Labute approximate surface area is 136 Å². The summed E-state index contributed by atoms with van der Waals surface area (Å²) in [6, 6.07) is 3.78. The van der Waals surface area contributed by atoms with Crippen LogP contribution in [-0.2, 0) is 16.1 Å². The maximum absolute atomic E-state index is 13.0. The van der Waals surface area contributed by atoms with Crippen LogP contribution in [0.25, 0.3) is 0 Å². The van der Waals surface area contributed by atoms with Gasteiger partial charge in [-0.05, 0) is 41.5 Å². The molecule has 0 saturated carbocycles. The molecule has 23 heavy (non-hydrogen) atoms. The molecular formula is C14H15ClFN5O2. The second-order valence-electron chi connectivity index (χ2n) is 5.25. The van der Waals surface area contributed by atoms with E-state index in [4.69, 9.17) is 16.3 Å². The number of aromatic nitrogens is 4. The van der Waals surface area contributed by atoms with Gasteiger partial charge in [0.05, 0.1) is 10.7 Å². The number of carbonyl (C=O) groups is 1. The predicted octanol–water partition coefficient (Wildman–Crippen LogP) is 2.00. The summed E-state index contributed by atoms with van der Waals surface area (Å²) in [5, 5.41) is 14.3. The number of hydrogen-bond donors (Lipinski definition) is 1. The monoisotopic (exact) mass is 339 g/mol. The van der Waals surface area contributed by atoms with Crippen LogP contribution in [0.5, 0.6) is 0 Å². The highest BCUT2D eigenvalue weighted by molar-refractivity contribution is 6.33. The summed E-state index contributed by atoms with van der Waals surface area (Å²) < 4.78 is 19.8. The molecule has 122 valence electrons. The molecule has 0 spiro atoms. The van der Waals surface area contributed by atoms with Crippen LogP contribution >= 0.6 is 11.6 Å². The molecule has 2 aromatic rings. The van der Waals surface area contributed by atoms with E-state index in [-0.39, 0.29) is 23.4 Å². The van der Waals surface area contributed by atoms with E-state index >= 15 is 0 Å². The number of hydrogen-bond acceptors (Lipinski definition) is 5. The highest BCUT2D eigenvalue weighted by Gasteiger charge is 2.23.